The van der Waals surface area contributed by atoms with E-state index in [1.165, 1.54) is 22.7 Å². The van der Waals surface area contributed by atoms with Gasteiger partial charge in [-0.1, -0.05) is 22.7 Å². The van der Waals surface area contributed by atoms with Crippen molar-refractivity contribution in [3.8, 4) is 11.5 Å². The molecule has 0 bridgehead atoms. The molecule has 6 nitrogen and oxygen atoms in total. The average Bonchev–Trinajstić information content (AvgIpc) is 3.10. The fourth-order valence-electron chi connectivity index (χ4n) is 2.67. The first-order valence-electron chi connectivity index (χ1n) is 7.59. The zero-order chi connectivity index (χ0) is 17.7. The number of aromatic nitrogens is 2. The molecule has 0 amide bonds. The van der Waals surface area contributed by atoms with Gasteiger partial charge in [-0.05, 0) is 42.8 Å². The summed E-state index contributed by atoms with van der Waals surface area (Å²) in [7, 11) is 3.86. The van der Waals surface area contributed by atoms with Gasteiger partial charge in [0.25, 0.3) is 0 Å². The van der Waals surface area contributed by atoms with Crippen LogP contribution < -0.4 is 5.01 Å². The molecule has 25 heavy (non-hydrogen) atoms. The minimum Gasteiger partial charge on any atom is -0.508 e. The van der Waals surface area contributed by atoms with Gasteiger partial charge in [-0.25, -0.2) is 20.0 Å². The molecular weight excluding hydrogens is 356 g/mol. The van der Waals surface area contributed by atoms with E-state index in [1.54, 1.807) is 30.3 Å². The molecule has 8 heteroatoms. The van der Waals surface area contributed by atoms with Crippen LogP contribution in [0.2, 0.25) is 0 Å². The molecule has 0 fully saturated rings. The van der Waals surface area contributed by atoms with E-state index >= 15 is 0 Å². The highest BCUT2D eigenvalue weighted by atomic mass is 32.1. The number of rotatable bonds is 3. The molecule has 0 atom stereocenters. The van der Waals surface area contributed by atoms with Crippen LogP contribution in [0.5, 0.6) is 11.5 Å². The third-order valence-corrected chi connectivity index (χ3v) is 5.75. The van der Waals surface area contributed by atoms with Crippen LogP contribution in [0.4, 0.5) is 10.3 Å². The lowest BCUT2D eigenvalue weighted by atomic mass is 10.2. The Morgan fingerprint density at radius 3 is 2.32 bits per heavy atom. The van der Waals surface area contributed by atoms with Crippen molar-refractivity contribution < 1.29 is 10.2 Å². The Kier molecular flexibility index (Phi) is 3.75. The molecule has 0 radical (unpaired) electrons. The molecule has 0 spiro atoms. The highest BCUT2D eigenvalue weighted by molar-refractivity contribution is 7.24. The zero-order valence-electron chi connectivity index (χ0n) is 13.9. The van der Waals surface area contributed by atoms with E-state index < -0.39 is 0 Å². The number of hydrogen-bond acceptors (Lipinski definition) is 8. The number of aromatic hydroxyl groups is 2. The maximum Gasteiger partial charge on any atom is 0.208 e. The third-order valence-electron chi connectivity index (χ3n) is 3.78. The SMILES string of the molecule is Cc1cc(O)cc2sc(N(c3nc4ccc(O)cc4s3)N(C)C)nc12. The minimum atomic E-state index is 0.227. The van der Waals surface area contributed by atoms with Gasteiger partial charge in [0, 0.05) is 14.1 Å². The fraction of sp³-hybridized carbons (Fsp3) is 0.176. The topological polar surface area (TPSA) is 72.7 Å². The molecule has 0 aliphatic rings. The largest absolute Gasteiger partial charge is 0.508 e. The highest BCUT2D eigenvalue weighted by Crippen LogP contribution is 2.39. The van der Waals surface area contributed by atoms with E-state index in [9.17, 15) is 10.2 Å². The molecular formula is C17H16N4O2S2. The van der Waals surface area contributed by atoms with Crippen molar-refractivity contribution in [1.29, 1.82) is 0 Å². The zero-order valence-corrected chi connectivity index (χ0v) is 15.5. The summed E-state index contributed by atoms with van der Waals surface area (Å²) in [6, 6.07) is 8.60. The molecule has 2 aromatic heterocycles. The first-order valence-corrected chi connectivity index (χ1v) is 9.23. The summed E-state index contributed by atoms with van der Waals surface area (Å²) in [6.45, 7) is 1.94. The first-order chi connectivity index (χ1) is 11.9. The molecule has 2 aromatic carbocycles. The van der Waals surface area contributed by atoms with E-state index in [0.717, 1.165) is 36.3 Å². The average molecular weight is 372 g/mol. The summed E-state index contributed by atoms with van der Waals surface area (Å²) in [6.07, 6.45) is 0. The number of fused-ring (bicyclic) bond motifs is 2. The van der Waals surface area contributed by atoms with Gasteiger partial charge in [0.15, 0.2) is 0 Å². The standard InChI is InChI=1S/C17H16N4O2S2/c1-9-6-11(23)8-14-15(9)19-17(25-14)21(20(2)3)16-18-12-5-4-10(22)7-13(12)24-16/h4-8,22-23H,1-3H3. The van der Waals surface area contributed by atoms with E-state index in [4.69, 9.17) is 4.98 Å². The number of benzene rings is 2. The van der Waals surface area contributed by atoms with Gasteiger partial charge in [0.1, 0.15) is 11.5 Å². The third kappa shape index (κ3) is 2.78. The number of aryl methyl sites for hydroxylation is 1. The van der Waals surface area contributed by atoms with Gasteiger partial charge in [0.2, 0.25) is 10.3 Å². The van der Waals surface area contributed by atoms with Crippen LogP contribution in [0, 0.1) is 6.92 Å². The molecule has 2 heterocycles. The molecule has 0 unspecified atom stereocenters. The number of hydrogen-bond donors (Lipinski definition) is 2. The van der Waals surface area contributed by atoms with Crippen molar-refractivity contribution in [2.75, 3.05) is 19.1 Å². The Balaban J connectivity index is 1.87. The summed E-state index contributed by atoms with van der Waals surface area (Å²) in [5.41, 5.74) is 2.65. The Morgan fingerprint density at radius 1 is 0.880 bits per heavy atom. The van der Waals surface area contributed by atoms with Crippen LogP contribution in [0.25, 0.3) is 20.4 Å². The molecule has 0 aliphatic carbocycles. The lowest BCUT2D eigenvalue weighted by Gasteiger charge is -2.25. The van der Waals surface area contributed by atoms with Crippen molar-refractivity contribution >= 4 is 53.4 Å². The molecule has 4 aromatic rings. The van der Waals surface area contributed by atoms with Crippen molar-refractivity contribution in [1.82, 2.24) is 15.0 Å². The molecule has 0 saturated heterocycles. The Morgan fingerprint density at radius 2 is 1.56 bits per heavy atom. The lowest BCUT2D eigenvalue weighted by Crippen LogP contribution is -2.32. The van der Waals surface area contributed by atoms with Crippen LogP contribution in [-0.4, -0.2) is 39.3 Å². The second kappa shape index (κ2) is 5.83. The van der Waals surface area contributed by atoms with Gasteiger partial charge in [-0.15, -0.1) is 0 Å². The molecule has 128 valence electrons. The minimum absolute atomic E-state index is 0.227. The van der Waals surface area contributed by atoms with Crippen LogP contribution >= 0.6 is 22.7 Å². The number of anilines is 2. The Hall–Kier alpha value is -2.42. The van der Waals surface area contributed by atoms with Crippen molar-refractivity contribution in [2.45, 2.75) is 6.92 Å². The van der Waals surface area contributed by atoms with Gasteiger partial charge < -0.3 is 10.2 Å². The molecule has 0 aliphatic heterocycles. The van der Waals surface area contributed by atoms with Crippen LogP contribution in [0.15, 0.2) is 30.3 Å². The monoisotopic (exact) mass is 372 g/mol. The van der Waals surface area contributed by atoms with E-state index in [2.05, 4.69) is 4.98 Å². The molecule has 2 N–H and O–H groups in total. The number of thiazole rings is 2. The summed E-state index contributed by atoms with van der Waals surface area (Å²) >= 11 is 2.99. The van der Waals surface area contributed by atoms with Crippen LogP contribution in [-0.2, 0) is 0 Å². The lowest BCUT2D eigenvalue weighted by molar-refractivity contribution is 0.417. The number of phenolic OH excluding ortho intramolecular Hbond substituents is 2. The smallest absolute Gasteiger partial charge is 0.208 e. The summed E-state index contributed by atoms with van der Waals surface area (Å²) in [5, 5.41) is 24.9. The summed E-state index contributed by atoms with van der Waals surface area (Å²) < 4.78 is 1.84. The number of nitrogens with zero attached hydrogens (tertiary/aromatic N) is 4. The normalized spacial score (nSPS) is 11.7. The number of hydrazine groups is 1. The second-order valence-electron chi connectivity index (χ2n) is 5.91. The first kappa shape index (κ1) is 16.1. The second-order valence-corrected chi connectivity index (χ2v) is 7.93. The van der Waals surface area contributed by atoms with Crippen molar-refractivity contribution in [2.24, 2.45) is 0 Å². The predicted octanol–water partition coefficient (Wildman–Crippen LogP) is 4.24. The van der Waals surface area contributed by atoms with E-state index in [0.29, 0.717) is 0 Å². The maximum absolute atomic E-state index is 9.83. The molecule has 4 rings (SSSR count). The summed E-state index contributed by atoms with van der Waals surface area (Å²) in [4.78, 5) is 9.42. The van der Waals surface area contributed by atoms with Crippen LogP contribution in [0.1, 0.15) is 5.56 Å². The number of phenols is 2. The van der Waals surface area contributed by atoms with Crippen LogP contribution in [0.3, 0.4) is 0 Å². The summed E-state index contributed by atoms with van der Waals surface area (Å²) in [5.74, 6) is 0.470. The van der Waals surface area contributed by atoms with E-state index in [-0.39, 0.29) is 11.5 Å². The maximum atomic E-state index is 9.83. The fourth-order valence-corrected chi connectivity index (χ4v) is 4.96. The molecule has 0 saturated carbocycles. The Labute approximate surface area is 152 Å². The quantitative estimate of drug-likeness (QED) is 0.524. The predicted molar refractivity (Wildman–Crippen MR) is 103 cm³/mol. The van der Waals surface area contributed by atoms with Crippen molar-refractivity contribution in [3.63, 3.8) is 0 Å². The van der Waals surface area contributed by atoms with Gasteiger partial charge in [-0.3, -0.25) is 0 Å². The van der Waals surface area contributed by atoms with Gasteiger partial charge in [-0.2, -0.15) is 0 Å². The van der Waals surface area contributed by atoms with Gasteiger partial charge >= 0.3 is 0 Å². The van der Waals surface area contributed by atoms with Crippen molar-refractivity contribution in [3.05, 3.63) is 35.9 Å². The van der Waals surface area contributed by atoms with Gasteiger partial charge in [0.05, 0.1) is 20.4 Å². The Bertz CT molecular complexity index is 1090. The highest BCUT2D eigenvalue weighted by Gasteiger charge is 2.21. The van der Waals surface area contributed by atoms with E-state index in [1.807, 2.05) is 31.0 Å².